The number of oxime groups is 1. The zero-order chi connectivity index (χ0) is 14.3. The lowest BCUT2D eigenvalue weighted by molar-refractivity contribution is -0.114. The molecule has 0 atom stereocenters. The van der Waals surface area contributed by atoms with Gasteiger partial charge < -0.3 is 21.2 Å². The highest BCUT2D eigenvalue weighted by Crippen LogP contribution is 2.11. The molecule has 106 valence electrons. The molecule has 0 saturated heterocycles. The highest BCUT2D eigenvalue weighted by Gasteiger charge is 2.17. The minimum atomic E-state index is -0.458. The fraction of sp³-hybridized carbons (Fsp3) is 0.545. The number of nitrogens with two attached hydrogens (primary N) is 1. The summed E-state index contributed by atoms with van der Waals surface area (Å²) in [4.78, 5) is 17.9. The molecule has 19 heavy (non-hydrogen) atoms. The van der Waals surface area contributed by atoms with E-state index in [2.05, 4.69) is 34.2 Å². The zero-order valence-electron chi connectivity index (χ0n) is 11.1. The second kappa shape index (κ2) is 7.70. The van der Waals surface area contributed by atoms with Crippen molar-refractivity contribution in [1.29, 1.82) is 0 Å². The number of likely N-dealkylation sites (N-methyl/N-ethyl adjacent to an activating group) is 1. The summed E-state index contributed by atoms with van der Waals surface area (Å²) >= 11 is 1.19. The normalized spacial score (nSPS) is 11.8. The van der Waals surface area contributed by atoms with Crippen LogP contribution in [0.15, 0.2) is 10.5 Å². The largest absolute Gasteiger partial charge is 0.410 e. The number of nitrogen functional groups attached to an aromatic ring is 1. The fourth-order valence-electron chi connectivity index (χ4n) is 1.56. The van der Waals surface area contributed by atoms with Crippen molar-refractivity contribution in [2.45, 2.75) is 13.8 Å². The Kier molecular flexibility index (Phi) is 6.23. The molecule has 1 heterocycles. The Bertz CT molecular complexity index is 442. The number of carbonyl (C=O) groups excluding carboxylic acids is 1. The van der Waals surface area contributed by atoms with Gasteiger partial charge in [0.05, 0.1) is 0 Å². The molecular formula is C11H19N5O2S. The van der Waals surface area contributed by atoms with Gasteiger partial charge in [-0.05, 0) is 13.1 Å². The zero-order valence-corrected chi connectivity index (χ0v) is 11.9. The topological polar surface area (TPSA) is 104 Å². The maximum absolute atomic E-state index is 11.8. The van der Waals surface area contributed by atoms with E-state index in [1.165, 1.54) is 11.3 Å². The van der Waals surface area contributed by atoms with Crippen LogP contribution in [0.3, 0.4) is 0 Å². The van der Waals surface area contributed by atoms with Gasteiger partial charge in [0, 0.05) is 18.5 Å². The first-order valence-electron chi connectivity index (χ1n) is 6.06. The van der Waals surface area contributed by atoms with Crippen molar-refractivity contribution < 1.29 is 10.0 Å². The lowest BCUT2D eigenvalue weighted by atomic mass is 10.3. The molecule has 0 aromatic carbocycles. The smallest absolute Gasteiger partial charge is 0.275 e. The quantitative estimate of drug-likeness (QED) is 0.381. The summed E-state index contributed by atoms with van der Waals surface area (Å²) in [6.07, 6.45) is 0. The van der Waals surface area contributed by atoms with E-state index >= 15 is 0 Å². The first-order valence-corrected chi connectivity index (χ1v) is 6.94. The third kappa shape index (κ3) is 4.49. The Balaban J connectivity index is 2.52. The molecule has 0 spiro atoms. The van der Waals surface area contributed by atoms with Gasteiger partial charge in [-0.1, -0.05) is 19.0 Å². The molecule has 1 aromatic rings. The lowest BCUT2D eigenvalue weighted by Gasteiger charge is -2.17. The van der Waals surface area contributed by atoms with Crippen LogP contribution >= 0.6 is 11.3 Å². The molecule has 0 aliphatic rings. The monoisotopic (exact) mass is 285 g/mol. The fourth-order valence-corrected chi connectivity index (χ4v) is 2.11. The average molecular weight is 285 g/mol. The van der Waals surface area contributed by atoms with Crippen LogP contribution in [0.2, 0.25) is 0 Å². The Morgan fingerprint density at radius 1 is 1.58 bits per heavy atom. The highest BCUT2D eigenvalue weighted by atomic mass is 32.1. The number of hydrogen-bond acceptors (Lipinski definition) is 7. The minimum absolute atomic E-state index is 0.118. The number of aromatic nitrogens is 1. The molecular weight excluding hydrogens is 266 g/mol. The molecule has 0 unspecified atom stereocenters. The van der Waals surface area contributed by atoms with Crippen molar-refractivity contribution in [1.82, 2.24) is 15.2 Å². The van der Waals surface area contributed by atoms with E-state index in [9.17, 15) is 4.79 Å². The van der Waals surface area contributed by atoms with Gasteiger partial charge in [-0.15, -0.1) is 11.3 Å². The van der Waals surface area contributed by atoms with Gasteiger partial charge in [0.25, 0.3) is 5.91 Å². The van der Waals surface area contributed by atoms with Gasteiger partial charge in [0.2, 0.25) is 0 Å². The molecule has 1 amide bonds. The van der Waals surface area contributed by atoms with Crippen molar-refractivity contribution in [2.24, 2.45) is 5.16 Å². The van der Waals surface area contributed by atoms with Crippen molar-refractivity contribution in [3.05, 3.63) is 11.1 Å². The van der Waals surface area contributed by atoms with Gasteiger partial charge in [0.15, 0.2) is 10.8 Å². The molecule has 1 aromatic heterocycles. The van der Waals surface area contributed by atoms with Gasteiger partial charge >= 0.3 is 0 Å². The number of anilines is 1. The predicted octanol–water partition coefficient (Wildman–Crippen LogP) is 0.362. The first-order chi connectivity index (χ1) is 9.12. The van der Waals surface area contributed by atoms with Crippen LogP contribution < -0.4 is 11.1 Å². The number of carbonyl (C=O) groups is 1. The second-order valence-electron chi connectivity index (χ2n) is 3.80. The van der Waals surface area contributed by atoms with E-state index < -0.39 is 5.91 Å². The molecule has 0 radical (unpaired) electrons. The van der Waals surface area contributed by atoms with Gasteiger partial charge in [0.1, 0.15) is 5.69 Å². The molecule has 0 bridgehead atoms. The van der Waals surface area contributed by atoms with Crippen LogP contribution in [0.5, 0.6) is 0 Å². The number of nitrogens with zero attached hydrogens (tertiary/aromatic N) is 3. The SMILES string of the molecule is CCN(CC)CCNC(=O)/C(=N/O)c1csc(N)n1. The molecule has 7 nitrogen and oxygen atoms in total. The molecule has 4 N–H and O–H groups in total. The van der Waals surface area contributed by atoms with Crippen molar-refractivity contribution in [3.8, 4) is 0 Å². The Labute approximate surface area is 116 Å². The van der Waals surface area contributed by atoms with Gasteiger partial charge in [-0.25, -0.2) is 4.98 Å². The van der Waals surface area contributed by atoms with Crippen molar-refractivity contribution in [3.63, 3.8) is 0 Å². The lowest BCUT2D eigenvalue weighted by Crippen LogP contribution is -2.38. The summed E-state index contributed by atoms with van der Waals surface area (Å²) in [5.41, 5.74) is 5.64. The van der Waals surface area contributed by atoms with Crippen LogP contribution in [-0.2, 0) is 4.79 Å². The summed E-state index contributed by atoms with van der Waals surface area (Å²) in [6.45, 7) is 7.20. The molecule has 1 rings (SSSR count). The van der Waals surface area contributed by atoms with E-state index in [1.807, 2.05) is 0 Å². The summed E-state index contributed by atoms with van der Waals surface area (Å²) in [6, 6.07) is 0. The van der Waals surface area contributed by atoms with Crippen LogP contribution in [0.4, 0.5) is 5.13 Å². The van der Waals surface area contributed by atoms with E-state index in [1.54, 1.807) is 5.38 Å². The van der Waals surface area contributed by atoms with Gasteiger partial charge in [-0.3, -0.25) is 4.79 Å². The predicted molar refractivity (Wildman–Crippen MR) is 75.6 cm³/mol. The summed E-state index contributed by atoms with van der Waals surface area (Å²) < 4.78 is 0. The van der Waals surface area contributed by atoms with Crippen LogP contribution in [0.1, 0.15) is 19.5 Å². The molecule has 8 heteroatoms. The maximum Gasteiger partial charge on any atom is 0.275 e. The Morgan fingerprint density at radius 3 is 2.74 bits per heavy atom. The summed E-state index contributed by atoms with van der Waals surface area (Å²) in [7, 11) is 0. The number of hydrogen-bond donors (Lipinski definition) is 3. The number of rotatable bonds is 7. The van der Waals surface area contributed by atoms with Crippen molar-refractivity contribution >= 4 is 28.1 Å². The third-order valence-electron chi connectivity index (χ3n) is 2.69. The Hall–Kier alpha value is -1.67. The third-order valence-corrected chi connectivity index (χ3v) is 3.36. The molecule has 0 fully saturated rings. The van der Waals surface area contributed by atoms with Gasteiger partial charge in [-0.2, -0.15) is 0 Å². The standard InChI is InChI=1S/C11H19N5O2S/c1-3-16(4-2)6-5-13-10(17)9(15-18)8-7-19-11(12)14-8/h7,18H,3-6H2,1-2H3,(H2,12,14)(H,13,17)/b15-9+. The van der Waals surface area contributed by atoms with Crippen LogP contribution in [-0.4, -0.2) is 52.9 Å². The van der Waals surface area contributed by atoms with Crippen LogP contribution in [0, 0.1) is 0 Å². The van der Waals surface area contributed by atoms with E-state index in [0.717, 1.165) is 19.6 Å². The second-order valence-corrected chi connectivity index (χ2v) is 4.69. The maximum atomic E-state index is 11.8. The number of amides is 1. The number of nitrogens with one attached hydrogen (secondary N) is 1. The molecule has 0 aliphatic heterocycles. The summed E-state index contributed by atoms with van der Waals surface area (Å²) in [5, 5.41) is 16.5. The van der Waals surface area contributed by atoms with Crippen molar-refractivity contribution in [2.75, 3.05) is 31.9 Å². The molecule has 0 saturated carbocycles. The Morgan fingerprint density at radius 2 is 2.26 bits per heavy atom. The highest BCUT2D eigenvalue weighted by molar-refractivity contribution is 7.13. The van der Waals surface area contributed by atoms with E-state index in [0.29, 0.717) is 11.7 Å². The van der Waals surface area contributed by atoms with E-state index in [4.69, 9.17) is 10.9 Å². The van der Waals surface area contributed by atoms with Crippen LogP contribution in [0.25, 0.3) is 0 Å². The van der Waals surface area contributed by atoms with E-state index in [-0.39, 0.29) is 11.4 Å². The summed E-state index contributed by atoms with van der Waals surface area (Å²) in [5.74, 6) is -0.458. The average Bonchev–Trinajstić information content (AvgIpc) is 2.82. The minimum Gasteiger partial charge on any atom is -0.410 e. The molecule has 0 aliphatic carbocycles. The number of thiazole rings is 1. The first kappa shape index (κ1) is 15.4.